The van der Waals surface area contributed by atoms with Crippen molar-refractivity contribution in [2.45, 2.75) is 46.2 Å². The summed E-state index contributed by atoms with van der Waals surface area (Å²) in [7, 11) is -3.89. The number of rotatable bonds is 11. The summed E-state index contributed by atoms with van der Waals surface area (Å²) in [5.41, 5.74) is 1.91. The van der Waals surface area contributed by atoms with E-state index in [0.29, 0.717) is 13.0 Å². The Morgan fingerprint density at radius 1 is 1.09 bits per heavy atom. The Hall–Kier alpha value is -2.94. The number of nitrogens with one attached hydrogen (secondary N) is 1. The molecule has 2 aromatic rings. The Bertz CT molecular complexity index is 1060. The van der Waals surface area contributed by atoms with Crippen LogP contribution in [0.3, 0.4) is 0 Å². The Morgan fingerprint density at radius 3 is 2.30 bits per heavy atom. The van der Waals surface area contributed by atoms with Crippen molar-refractivity contribution in [3.63, 3.8) is 0 Å². The van der Waals surface area contributed by atoms with E-state index in [0.717, 1.165) is 34.2 Å². The molecule has 0 aliphatic heterocycles. The zero-order chi connectivity index (χ0) is 24.6. The summed E-state index contributed by atoms with van der Waals surface area (Å²) in [6.45, 7) is 5.74. The first-order valence-corrected chi connectivity index (χ1v) is 12.8. The van der Waals surface area contributed by atoms with Crippen LogP contribution < -0.4 is 9.62 Å². The van der Waals surface area contributed by atoms with E-state index in [1.165, 1.54) is 23.1 Å². The van der Waals surface area contributed by atoms with E-state index in [9.17, 15) is 22.4 Å². The number of hydrogen-bond donors (Lipinski definition) is 1. The van der Waals surface area contributed by atoms with E-state index < -0.39 is 34.3 Å². The lowest BCUT2D eigenvalue weighted by molar-refractivity contribution is -0.140. The van der Waals surface area contributed by atoms with Gasteiger partial charge in [-0.05, 0) is 43.5 Å². The second-order valence-corrected chi connectivity index (χ2v) is 9.88. The number of nitrogens with zero attached hydrogens (tertiary/aromatic N) is 2. The quantitative estimate of drug-likeness (QED) is 0.538. The van der Waals surface area contributed by atoms with Crippen molar-refractivity contribution in [2.24, 2.45) is 0 Å². The van der Waals surface area contributed by atoms with Crippen molar-refractivity contribution in [1.82, 2.24) is 10.2 Å². The maximum absolute atomic E-state index is 13.8. The van der Waals surface area contributed by atoms with Crippen LogP contribution in [0.5, 0.6) is 0 Å². The lowest BCUT2D eigenvalue weighted by atomic mass is 10.1. The van der Waals surface area contributed by atoms with Gasteiger partial charge in [0.2, 0.25) is 21.8 Å². The summed E-state index contributed by atoms with van der Waals surface area (Å²) < 4.78 is 39.6. The Kier molecular flexibility index (Phi) is 9.40. The van der Waals surface area contributed by atoms with Crippen LogP contribution in [-0.4, -0.2) is 50.5 Å². The summed E-state index contributed by atoms with van der Waals surface area (Å²) in [6, 6.07) is 11.8. The van der Waals surface area contributed by atoms with Gasteiger partial charge in [0.1, 0.15) is 18.4 Å². The maximum atomic E-state index is 13.8. The van der Waals surface area contributed by atoms with E-state index >= 15 is 0 Å². The molecular weight excluding hydrogens is 445 g/mol. The number of hydrogen-bond acceptors (Lipinski definition) is 4. The van der Waals surface area contributed by atoms with Gasteiger partial charge in [0.15, 0.2) is 0 Å². The fourth-order valence-corrected chi connectivity index (χ4v) is 4.26. The number of halogens is 1. The van der Waals surface area contributed by atoms with Crippen molar-refractivity contribution in [2.75, 3.05) is 23.7 Å². The van der Waals surface area contributed by atoms with Crippen molar-refractivity contribution in [3.05, 3.63) is 65.5 Å². The van der Waals surface area contributed by atoms with Crippen molar-refractivity contribution in [1.29, 1.82) is 0 Å². The van der Waals surface area contributed by atoms with Crippen LogP contribution in [0.25, 0.3) is 0 Å². The third-order valence-electron chi connectivity index (χ3n) is 5.18. The minimum atomic E-state index is -3.89. The van der Waals surface area contributed by atoms with Gasteiger partial charge in [-0.15, -0.1) is 0 Å². The number of aryl methyl sites for hydroxylation is 1. The lowest BCUT2D eigenvalue weighted by Gasteiger charge is -2.33. The molecule has 180 valence electrons. The maximum Gasteiger partial charge on any atom is 0.244 e. The van der Waals surface area contributed by atoms with Gasteiger partial charge in [-0.1, -0.05) is 49.7 Å². The Morgan fingerprint density at radius 2 is 1.76 bits per heavy atom. The summed E-state index contributed by atoms with van der Waals surface area (Å²) in [5, 5.41) is 2.82. The van der Waals surface area contributed by atoms with Crippen molar-refractivity contribution >= 4 is 27.5 Å². The summed E-state index contributed by atoms with van der Waals surface area (Å²) in [4.78, 5) is 27.7. The van der Waals surface area contributed by atoms with Crippen LogP contribution in [0.2, 0.25) is 0 Å². The minimum Gasteiger partial charge on any atom is -0.354 e. The second kappa shape index (κ2) is 11.8. The van der Waals surface area contributed by atoms with Gasteiger partial charge in [0.05, 0.1) is 11.9 Å². The second-order valence-electron chi connectivity index (χ2n) is 7.97. The Balaban J connectivity index is 2.41. The first kappa shape index (κ1) is 26.3. The fourth-order valence-electron chi connectivity index (χ4n) is 3.42. The molecule has 2 rings (SSSR count). The molecule has 0 heterocycles. The Labute approximate surface area is 195 Å². The SMILES string of the molecule is CCCNC(=O)C(CC)N(Cc1ccc(C)cc1)C(=O)CN(c1cccc(F)c1)S(C)(=O)=O. The third-order valence-corrected chi connectivity index (χ3v) is 6.32. The summed E-state index contributed by atoms with van der Waals surface area (Å²) >= 11 is 0. The molecule has 0 fully saturated rings. The molecule has 1 N–H and O–H groups in total. The minimum absolute atomic E-state index is 0.0459. The number of sulfonamides is 1. The molecule has 2 aromatic carbocycles. The van der Waals surface area contributed by atoms with Gasteiger partial charge < -0.3 is 10.2 Å². The molecule has 0 saturated heterocycles. The van der Waals surface area contributed by atoms with E-state index in [-0.39, 0.29) is 18.1 Å². The van der Waals surface area contributed by atoms with Crippen LogP contribution in [0.15, 0.2) is 48.5 Å². The molecule has 0 aliphatic rings. The van der Waals surface area contributed by atoms with Gasteiger partial charge >= 0.3 is 0 Å². The predicted octanol–water partition coefficient (Wildman–Crippen LogP) is 3.23. The van der Waals surface area contributed by atoms with Gasteiger partial charge in [0, 0.05) is 13.1 Å². The molecule has 2 amide bonds. The molecule has 1 atom stereocenters. The number of benzene rings is 2. The topological polar surface area (TPSA) is 86.8 Å². The molecule has 0 radical (unpaired) electrons. The van der Waals surface area contributed by atoms with Gasteiger partial charge in [-0.25, -0.2) is 12.8 Å². The molecule has 0 saturated carbocycles. The molecule has 7 nitrogen and oxygen atoms in total. The summed E-state index contributed by atoms with van der Waals surface area (Å²) in [5.74, 6) is -1.46. The standard InChI is InChI=1S/C24H32FN3O4S/c1-5-14-26-24(30)22(6-2)27(16-19-12-10-18(3)11-13-19)23(29)17-28(33(4,31)32)21-9-7-8-20(25)15-21/h7-13,15,22H,5-6,14,16-17H2,1-4H3,(H,26,30). The van der Waals surface area contributed by atoms with Gasteiger partial charge in [-0.3, -0.25) is 13.9 Å². The highest BCUT2D eigenvalue weighted by molar-refractivity contribution is 7.92. The van der Waals surface area contributed by atoms with Crippen LogP contribution in [0.4, 0.5) is 10.1 Å². The largest absolute Gasteiger partial charge is 0.354 e. The molecule has 0 bridgehead atoms. The molecule has 9 heteroatoms. The summed E-state index contributed by atoms with van der Waals surface area (Å²) in [6.07, 6.45) is 2.06. The highest BCUT2D eigenvalue weighted by Gasteiger charge is 2.31. The van der Waals surface area contributed by atoms with E-state index in [4.69, 9.17) is 0 Å². The highest BCUT2D eigenvalue weighted by atomic mass is 32.2. The van der Waals surface area contributed by atoms with Crippen LogP contribution in [0.1, 0.15) is 37.8 Å². The van der Waals surface area contributed by atoms with E-state index in [1.54, 1.807) is 6.92 Å². The molecule has 33 heavy (non-hydrogen) atoms. The van der Waals surface area contributed by atoms with Crippen LogP contribution in [-0.2, 0) is 26.2 Å². The third kappa shape index (κ3) is 7.56. The number of amides is 2. The average Bonchev–Trinajstić information content (AvgIpc) is 2.76. The predicted molar refractivity (Wildman–Crippen MR) is 128 cm³/mol. The normalized spacial score (nSPS) is 12.2. The van der Waals surface area contributed by atoms with Crippen molar-refractivity contribution < 1.29 is 22.4 Å². The van der Waals surface area contributed by atoms with Gasteiger partial charge in [-0.2, -0.15) is 0 Å². The molecule has 0 spiro atoms. The van der Waals surface area contributed by atoms with Gasteiger partial charge in [0.25, 0.3) is 0 Å². The zero-order valence-corrected chi connectivity index (χ0v) is 20.4. The lowest BCUT2D eigenvalue weighted by Crippen LogP contribution is -2.52. The number of carbonyl (C=O) groups is 2. The highest BCUT2D eigenvalue weighted by Crippen LogP contribution is 2.20. The van der Waals surface area contributed by atoms with E-state index in [1.807, 2.05) is 38.1 Å². The zero-order valence-electron chi connectivity index (χ0n) is 19.5. The van der Waals surface area contributed by atoms with E-state index in [2.05, 4.69) is 5.32 Å². The first-order chi connectivity index (χ1) is 15.6. The number of anilines is 1. The monoisotopic (exact) mass is 477 g/mol. The molecule has 0 aromatic heterocycles. The van der Waals surface area contributed by atoms with Crippen LogP contribution in [0, 0.1) is 12.7 Å². The van der Waals surface area contributed by atoms with Crippen molar-refractivity contribution in [3.8, 4) is 0 Å². The average molecular weight is 478 g/mol. The fraction of sp³-hybridized carbons (Fsp3) is 0.417. The van der Waals surface area contributed by atoms with Crippen LogP contribution >= 0.6 is 0 Å². The molecule has 1 unspecified atom stereocenters. The molecular formula is C24H32FN3O4S. The smallest absolute Gasteiger partial charge is 0.244 e. The number of carbonyl (C=O) groups excluding carboxylic acids is 2. The molecule has 0 aliphatic carbocycles. The first-order valence-electron chi connectivity index (χ1n) is 10.9.